The first-order valence-electron chi connectivity index (χ1n) is 8.46. The van der Waals surface area contributed by atoms with E-state index in [1.807, 2.05) is 0 Å². The number of carbonyl (C=O) groups excluding carboxylic acids is 2. The summed E-state index contributed by atoms with van der Waals surface area (Å²) in [6.07, 6.45) is 0. The topological polar surface area (TPSA) is 113 Å². The van der Waals surface area contributed by atoms with Crippen LogP contribution in [0.15, 0.2) is 36.4 Å². The third-order valence-corrected chi connectivity index (χ3v) is 4.74. The molecule has 10 heteroatoms. The van der Waals surface area contributed by atoms with Crippen molar-refractivity contribution in [3.05, 3.63) is 52.3 Å². The first-order chi connectivity index (χ1) is 13.5. The lowest BCUT2D eigenvalue weighted by atomic mass is 9.94. The molecule has 0 bridgehead atoms. The number of anilines is 1. The van der Waals surface area contributed by atoms with Gasteiger partial charge in [-0.05, 0) is 42.0 Å². The highest BCUT2D eigenvalue weighted by Gasteiger charge is 2.37. The zero-order valence-electron chi connectivity index (χ0n) is 14.6. The number of hydrogen-bond acceptors (Lipinski definition) is 6. The zero-order chi connectivity index (χ0) is 20.1. The molecule has 1 aliphatic rings. The largest absolute Gasteiger partial charge is 0.489 e. The second-order valence-corrected chi connectivity index (χ2v) is 7.04. The molecular formula is C18H18Cl2N4O4. The fourth-order valence-corrected chi connectivity index (χ4v) is 3.45. The number of amides is 2. The van der Waals surface area contributed by atoms with Gasteiger partial charge in [0.05, 0.1) is 11.8 Å². The van der Waals surface area contributed by atoms with E-state index in [0.29, 0.717) is 34.8 Å². The average Bonchev–Trinajstić information content (AvgIpc) is 3.16. The number of hydroxylamine groups is 1. The van der Waals surface area contributed by atoms with Gasteiger partial charge < -0.3 is 15.4 Å². The SMILES string of the molecule is O=C(NO)C1CNCC1C(=O)Nc1ccc(OCc2cc(Cl)nc(Cl)c2)cc1. The van der Waals surface area contributed by atoms with Crippen LogP contribution in [0.4, 0.5) is 5.69 Å². The second kappa shape index (κ2) is 9.20. The number of halogens is 2. The number of pyridine rings is 1. The van der Waals surface area contributed by atoms with E-state index in [2.05, 4.69) is 15.6 Å². The van der Waals surface area contributed by atoms with Crippen molar-refractivity contribution in [3.8, 4) is 5.75 Å². The van der Waals surface area contributed by atoms with Gasteiger partial charge in [-0.1, -0.05) is 23.2 Å². The van der Waals surface area contributed by atoms with Crippen LogP contribution in [0.2, 0.25) is 10.3 Å². The number of hydrogen-bond donors (Lipinski definition) is 4. The van der Waals surface area contributed by atoms with Crippen LogP contribution in [0.1, 0.15) is 5.56 Å². The summed E-state index contributed by atoms with van der Waals surface area (Å²) in [6, 6.07) is 10.1. The molecule has 0 saturated carbocycles. The van der Waals surface area contributed by atoms with Crippen LogP contribution in [0.3, 0.4) is 0 Å². The third kappa shape index (κ3) is 5.11. The fraction of sp³-hybridized carbons (Fsp3) is 0.278. The Morgan fingerprint density at radius 2 is 1.71 bits per heavy atom. The van der Waals surface area contributed by atoms with Crippen molar-refractivity contribution >= 4 is 40.7 Å². The van der Waals surface area contributed by atoms with E-state index in [4.69, 9.17) is 33.1 Å². The quantitative estimate of drug-likeness (QED) is 0.321. The highest BCUT2D eigenvalue weighted by atomic mass is 35.5. The van der Waals surface area contributed by atoms with Gasteiger partial charge in [0.2, 0.25) is 11.8 Å². The lowest BCUT2D eigenvalue weighted by molar-refractivity contribution is -0.136. The average molecular weight is 425 g/mol. The molecule has 0 radical (unpaired) electrons. The Kier molecular flexibility index (Phi) is 6.69. The van der Waals surface area contributed by atoms with Crippen molar-refractivity contribution in [3.63, 3.8) is 0 Å². The zero-order valence-corrected chi connectivity index (χ0v) is 16.1. The van der Waals surface area contributed by atoms with Crippen molar-refractivity contribution in [2.75, 3.05) is 18.4 Å². The van der Waals surface area contributed by atoms with Gasteiger partial charge in [-0.2, -0.15) is 0 Å². The van der Waals surface area contributed by atoms with Gasteiger partial charge in [-0.25, -0.2) is 10.5 Å². The molecule has 28 heavy (non-hydrogen) atoms. The lowest BCUT2D eigenvalue weighted by Crippen LogP contribution is -2.38. The molecule has 148 valence electrons. The predicted octanol–water partition coefficient (Wildman–Crippen LogP) is 2.25. The molecule has 2 unspecified atom stereocenters. The van der Waals surface area contributed by atoms with Gasteiger partial charge in [-0.15, -0.1) is 0 Å². The van der Waals surface area contributed by atoms with Crippen molar-refractivity contribution in [2.45, 2.75) is 6.61 Å². The molecule has 2 aromatic rings. The highest BCUT2D eigenvalue weighted by molar-refractivity contribution is 6.32. The summed E-state index contributed by atoms with van der Waals surface area (Å²) in [5, 5.41) is 15.1. The lowest BCUT2D eigenvalue weighted by Gasteiger charge is -2.16. The van der Waals surface area contributed by atoms with Crippen LogP contribution in [0.5, 0.6) is 5.75 Å². The van der Waals surface area contributed by atoms with Crippen molar-refractivity contribution in [1.29, 1.82) is 0 Å². The molecule has 0 spiro atoms. The van der Waals surface area contributed by atoms with E-state index < -0.39 is 17.7 Å². The minimum atomic E-state index is -0.619. The Bertz CT molecular complexity index is 843. The van der Waals surface area contributed by atoms with E-state index in [0.717, 1.165) is 5.56 Å². The van der Waals surface area contributed by atoms with E-state index in [9.17, 15) is 9.59 Å². The Balaban J connectivity index is 1.56. The van der Waals surface area contributed by atoms with Crippen molar-refractivity contribution < 1.29 is 19.5 Å². The summed E-state index contributed by atoms with van der Waals surface area (Å²) in [7, 11) is 0. The fourth-order valence-electron chi connectivity index (χ4n) is 2.95. The van der Waals surface area contributed by atoms with Gasteiger partial charge in [0.25, 0.3) is 0 Å². The number of benzene rings is 1. The minimum absolute atomic E-state index is 0.263. The first-order valence-corrected chi connectivity index (χ1v) is 9.22. The van der Waals surface area contributed by atoms with Crippen LogP contribution in [-0.4, -0.2) is 35.1 Å². The number of carbonyl (C=O) groups is 2. The Morgan fingerprint density at radius 1 is 1.11 bits per heavy atom. The molecule has 2 amide bonds. The summed E-state index contributed by atoms with van der Waals surface area (Å²) in [4.78, 5) is 27.9. The Labute approximate surface area is 171 Å². The summed E-state index contributed by atoms with van der Waals surface area (Å²) in [5.41, 5.74) is 2.96. The highest BCUT2D eigenvalue weighted by Crippen LogP contribution is 2.22. The van der Waals surface area contributed by atoms with E-state index in [-0.39, 0.29) is 12.5 Å². The van der Waals surface area contributed by atoms with Crippen molar-refractivity contribution in [1.82, 2.24) is 15.8 Å². The number of nitrogens with zero attached hydrogens (tertiary/aromatic N) is 1. The first kappa shape index (κ1) is 20.3. The molecule has 0 aliphatic carbocycles. The maximum atomic E-state index is 12.4. The van der Waals surface area contributed by atoms with Gasteiger partial charge in [0.15, 0.2) is 0 Å². The summed E-state index contributed by atoms with van der Waals surface area (Å²) >= 11 is 11.7. The summed E-state index contributed by atoms with van der Waals surface area (Å²) in [6.45, 7) is 0.960. The Hall–Kier alpha value is -2.39. The molecule has 3 rings (SSSR count). The molecule has 2 atom stereocenters. The van der Waals surface area contributed by atoms with Crippen LogP contribution in [0, 0.1) is 11.8 Å². The summed E-state index contributed by atoms with van der Waals surface area (Å²) < 4.78 is 5.68. The van der Waals surface area contributed by atoms with E-state index >= 15 is 0 Å². The van der Waals surface area contributed by atoms with E-state index in [1.165, 1.54) is 0 Å². The number of ether oxygens (including phenoxy) is 1. The van der Waals surface area contributed by atoms with Gasteiger partial charge >= 0.3 is 0 Å². The molecular weight excluding hydrogens is 407 g/mol. The van der Waals surface area contributed by atoms with Gasteiger partial charge in [0, 0.05) is 18.8 Å². The van der Waals surface area contributed by atoms with Crippen LogP contribution >= 0.6 is 23.2 Å². The summed E-state index contributed by atoms with van der Waals surface area (Å²) in [5.74, 6) is -1.46. The monoisotopic (exact) mass is 424 g/mol. The third-order valence-electron chi connectivity index (χ3n) is 4.35. The molecule has 1 aromatic carbocycles. The normalized spacial score (nSPS) is 18.5. The van der Waals surface area contributed by atoms with Crippen LogP contribution in [0.25, 0.3) is 0 Å². The number of nitrogens with one attached hydrogen (secondary N) is 3. The van der Waals surface area contributed by atoms with Gasteiger partial charge in [-0.3, -0.25) is 14.8 Å². The Morgan fingerprint density at radius 3 is 2.32 bits per heavy atom. The van der Waals surface area contributed by atoms with E-state index in [1.54, 1.807) is 41.9 Å². The number of aromatic nitrogens is 1. The number of rotatable bonds is 6. The molecule has 4 N–H and O–H groups in total. The maximum Gasteiger partial charge on any atom is 0.248 e. The molecule has 1 fully saturated rings. The predicted molar refractivity (Wildman–Crippen MR) is 103 cm³/mol. The van der Waals surface area contributed by atoms with Crippen molar-refractivity contribution in [2.24, 2.45) is 11.8 Å². The standard InChI is InChI=1S/C18H18Cl2N4O4/c19-15-5-10(6-16(20)23-15)9-28-12-3-1-11(2-4-12)22-17(25)13-7-21-8-14(13)18(26)24-27/h1-6,13-14,21,27H,7-9H2,(H,22,25)(H,24,26). The molecule has 1 aromatic heterocycles. The van der Waals surface area contributed by atoms with Crippen LogP contribution in [-0.2, 0) is 16.2 Å². The van der Waals surface area contributed by atoms with Gasteiger partial charge in [0.1, 0.15) is 22.7 Å². The van der Waals surface area contributed by atoms with Crippen LogP contribution < -0.4 is 20.9 Å². The minimum Gasteiger partial charge on any atom is -0.489 e. The molecule has 8 nitrogen and oxygen atoms in total. The molecule has 1 saturated heterocycles. The second-order valence-electron chi connectivity index (χ2n) is 6.27. The molecule has 2 heterocycles. The molecule has 1 aliphatic heterocycles. The maximum absolute atomic E-state index is 12.4. The smallest absolute Gasteiger partial charge is 0.248 e.